The van der Waals surface area contributed by atoms with E-state index < -0.39 is 0 Å². The van der Waals surface area contributed by atoms with Gasteiger partial charge in [0.2, 0.25) is 0 Å². The average Bonchev–Trinajstić information content (AvgIpc) is 2.68. The van der Waals surface area contributed by atoms with Gasteiger partial charge in [-0.2, -0.15) is 11.8 Å². The molecule has 88 valence electrons. The lowest BCUT2D eigenvalue weighted by molar-refractivity contribution is 0.0411. The number of rotatable bonds is 2. The Balaban J connectivity index is 1.93. The van der Waals surface area contributed by atoms with E-state index in [0.29, 0.717) is 12.1 Å². The van der Waals surface area contributed by atoms with Crippen LogP contribution in [0, 0.1) is 0 Å². The number of likely N-dealkylation sites (N-methyl/N-ethyl adjacent to an activating group) is 1. The number of aliphatic hydroxyl groups excluding tert-OH is 1. The van der Waals surface area contributed by atoms with Crippen LogP contribution in [0.1, 0.15) is 38.5 Å². The Bertz CT molecular complexity index is 194. The molecule has 1 heterocycles. The lowest BCUT2D eigenvalue weighted by atomic mass is 10.0. The van der Waals surface area contributed by atoms with Crippen LogP contribution in [-0.2, 0) is 0 Å². The molecule has 2 rings (SSSR count). The highest BCUT2D eigenvalue weighted by Crippen LogP contribution is 2.28. The number of aliphatic hydroxyl groups is 1. The maximum atomic E-state index is 10.1. The molecule has 0 amide bonds. The molecule has 1 aliphatic heterocycles. The first-order valence-corrected chi connectivity index (χ1v) is 7.42. The summed E-state index contributed by atoms with van der Waals surface area (Å²) in [6, 6.07) is 1.14. The molecular weight excluding hydrogens is 206 g/mol. The topological polar surface area (TPSA) is 23.5 Å². The van der Waals surface area contributed by atoms with Crippen LogP contribution in [0.2, 0.25) is 0 Å². The van der Waals surface area contributed by atoms with Gasteiger partial charge in [-0.1, -0.05) is 19.3 Å². The van der Waals surface area contributed by atoms with Crippen molar-refractivity contribution in [3.8, 4) is 0 Å². The molecule has 3 heteroatoms. The predicted molar refractivity (Wildman–Crippen MR) is 66.4 cm³/mol. The Hall–Kier alpha value is 0.270. The van der Waals surface area contributed by atoms with Crippen molar-refractivity contribution >= 4 is 11.8 Å². The highest BCUT2D eigenvalue weighted by molar-refractivity contribution is 7.99. The van der Waals surface area contributed by atoms with Crippen LogP contribution < -0.4 is 0 Å². The normalized spacial score (nSPS) is 38.2. The minimum absolute atomic E-state index is 0.0805. The predicted octanol–water partition coefficient (Wildman–Crippen LogP) is 2.12. The zero-order chi connectivity index (χ0) is 10.7. The van der Waals surface area contributed by atoms with Gasteiger partial charge in [-0.25, -0.2) is 0 Å². The first kappa shape index (κ1) is 11.7. The van der Waals surface area contributed by atoms with Crippen molar-refractivity contribution in [2.45, 2.75) is 56.7 Å². The van der Waals surface area contributed by atoms with Crippen molar-refractivity contribution in [3.63, 3.8) is 0 Å². The van der Waals surface area contributed by atoms with Crippen LogP contribution in [0.25, 0.3) is 0 Å². The first-order valence-electron chi connectivity index (χ1n) is 6.27. The molecule has 1 aliphatic carbocycles. The van der Waals surface area contributed by atoms with Crippen molar-refractivity contribution in [1.29, 1.82) is 0 Å². The fourth-order valence-corrected chi connectivity index (χ4v) is 4.14. The summed E-state index contributed by atoms with van der Waals surface area (Å²) in [6.07, 6.45) is 7.25. The zero-order valence-electron chi connectivity index (χ0n) is 9.69. The van der Waals surface area contributed by atoms with Crippen molar-refractivity contribution in [1.82, 2.24) is 4.90 Å². The van der Waals surface area contributed by atoms with E-state index in [1.807, 2.05) is 0 Å². The van der Waals surface area contributed by atoms with E-state index in [-0.39, 0.29) is 6.10 Å². The van der Waals surface area contributed by atoms with Crippen LogP contribution in [-0.4, -0.2) is 46.7 Å². The lowest BCUT2D eigenvalue weighted by Crippen LogP contribution is -2.46. The van der Waals surface area contributed by atoms with Gasteiger partial charge < -0.3 is 5.11 Å². The monoisotopic (exact) mass is 229 g/mol. The Kier molecular flexibility index (Phi) is 4.35. The van der Waals surface area contributed by atoms with E-state index >= 15 is 0 Å². The largest absolute Gasteiger partial charge is 0.391 e. The molecule has 2 aliphatic rings. The van der Waals surface area contributed by atoms with Gasteiger partial charge in [0.25, 0.3) is 0 Å². The molecule has 1 saturated heterocycles. The summed E-state index contributed by atoms with van der Waals surface area (Å²) < 4.78 is 0. The molecule has 0 radical (unpaired) electrons. The van der Waals surface area contributed by atoms with Crippen molar-refractivity contribution in [2.24, 2.45) is 0 Å². The maximum absolute atomic E-state index is 10.1. The van der Waals surface area contributed by atoms with Gasteiger partial charge in [0.05, 0.1) is 6.10 Å². The molecule has 0 bridgehead atoms. The fraction of sp³-hybridized carbons (Fsp3) is 1.00. The number of hydrogen-bond acceptors (Lipinski definition) is 3. The molecule has 0 aromatic rings. The second-order valence-electron chi connectivity index (χ2n) is 4.96. The quantitative estimate of drug-likeness (QED) is 0.734. The van der Waals surface area contributed by atoms with Crippen LogP contribution in [0.15, 0.2) is 0 Å². The summed E-state index contributed by atoms with van der Waals surface area (Å²) in [5.41, 5.74) is 0. The summed E-state index contributed by atoms with van der Waals surface area (Å²) >= 11 is 2.06. The second-order valence-corrected chi connectivity index (χ2v) is 6.11. The molecule has 3 unspecified atom stereocenters. The summed E-state index contributed by atoms with van der Waals surface area (Å²) in [4.78, 5) is 2.47. The fourth-order valence-electron chi connectivity index (χ4n) is 2.86. The summed E-state index contributed by atoms with van der Waals surface area (Å²) in [7, 11) is 2.22. The Morgan fingerprint density at radius 2 is 1.93 bits per heavy atom. The highest BCUT2D eigenvalue weighted by atomic mass is 32.2. The molecule has 1 saturated carbocycles. The maximum Gasteiger partial charge on any atom is 0.0695 e. The van der Waals surface area contributed by atoms with Crippen LogP contribution >= 0.6 is 11.8 Å². The molecule has 1 N–H and O–H groups in total. The minimum atomic E-state index is -0.0805. The van der Waals surface area contributed by atoms with Crippen molar-refractivity contribution in [3.05, 3.63) is 0 Å². The zero-order valence-corrected chi connectivity index (χ0v) is 10.5. The smallest absolute Gasteiger partial charge is 0.0695 e. The van der Waals surface area contributed by atoms with Gasteiger partial charge in [-0.15, -0.1) is 0 Å². The highest BCUT2D eigenvalue weighted by Gasteiger charge is 2.30. The molecule has 2 nitrogen and oxygen atoms in total. The van der Waals surface area contributed by atoms with Crippen molar-refractivity contribution < 1.29 is 5.11 Å². The van der Waals surface area contributed by atoms with Crippen LogP contribution in [0.3, 0.4) is 0 Å². The molecule has 15 heavy (non-hydrogen) atoms. The van der Waals surface area contributed by atoms with Crippen LogP contribution in [0.4, 0.5) is 0 Å². The molecule has 0 spiro atoms. The van der Waals surface area contributed by atoms with Gasteiger partial charge in [0, 0.05) is 17.8 Å². The Morgan fingerprint density at radius 3 is 2.67 bits per heavy atom. The van der Waals surface area contributed by atoms with E-state index in [1.54, 1.807) is 0 Å². The van der Waals surface area contributed by atoms with Gasteiger partial charge >= 0.3 is 0 Å². The third-order valence-corrected chi connectivity index (χ3v) is 5.09. The summed E-state index contributed by atoms with van der Waals surface area (Å²) in [5.74, 6) is 2.57. The third kappa shape index (κ3) is 2.89. The number of hydrogen-bond donors (Lipinski definition) is 1. The van der Waals surface area contributed by atoms with E-state index in [9.17, 15) is 5.11 Å². The first-order chi connectivity index (χ1) is 7.29. The van der Waals surface area contributed by atoms with Gasteiger partial charge in [-0.3, -0.25) is 4.90 Å². The molecule has 0 aromatic carbocycles. The van der Waals surface area contributed by atoms with Crippen molar-refractivity contribution in [2.75, 3.05) is 18.6 Å². The van der Waals surface area contributed by atoms with Gasteiger partial charge in [0.15, 0.2) is 0 Å². The van der Waals surface area contributed by atoms with E-state index in [1.165, 1.54) is 43.6 Å². The molecule has 3 atom stereocenters. The molecular formula is C12H23NOS. The lowest BCUT2D eigenvalue weighted by Gasteiger charge is -2.34. The standard InChI is InChI=1S/C12H23NOS/c1-13(10-7-8-15-9-10)11-5-3-2-4-6-12(11)14/h10-12,14H,2-9H2,1H3. The number of thioether (sulfide) groups is 1. The second kappa shape index (κ2) is 5.55. The Labute approximate surface area is 97.4 Å². The van der Waals surface area contributed by atoms with Crippen LogP contribution in [0.5, 0.6) is 0 Å². The van der Waals surface area contributed by atoms with E-state index in [0.717, 1.165) is 6.42 Å². The SMILES string of the molecule is CN(C1CCSC1)C1CCCCCC1O. The third-order valence-electron chi connectivity index (χ3n) is 3.95. The average molecular weight is 229 g/mol. The van der Waals surface area contributed by atoms with E-state index in [2.05, 4.69) is 23.7 Å². The Morgan fingerprint density at radius 1 is 1.13 bits per heavy atom. The molecule has 0 aromatic heterocycles. The van der Waals surface area contributed by atoms with E-state index in [4.69, 9.17) is 0 Å². The minimum Gasteiger partial charge on any atom is -0.391 e. The summed E-state index contributed by atoms with van der Waals surface area (Å²) in [5, 5.41) is 10.1. The van der Waals surface area contributed by atoms with Gasteiger partial charge in [-0.05, 0) is 32.1 Å². The summed E-state index contributed by atoms with van der Waals surface area (Å²) in [6.45, 7) is 0. The molecule has 2 fully saturated rings. The number of nitrogens with zero attached hydrogens (tertiary/aromatic N) is 1. The van der Waals surface area contributed by atoms with Gasteiger partial charge in [0.1, 0.15) is 0 Å².